The van der Waals surface area contributed by atoms with Gasteiger partial charge in [-0.1, -0.05) is 60.3 Å². The standard InChI is InChI=1S/C32H25N3O4S/c1-38-26-14-12-24-29(23(26)16-17-33)40-30-25(34(24)18-20-8-4-3-5-9-20)13-15-27(39-2)28(30)32(37)35-19-21-10-6-7-11-22(21)31(35)36/h3-15H,16,18-19H2,1-2H3. The van der Waals surface area contributed by atoms with Crippen molar-refractivity contribution in [3.63, 3.8) is 0 Å². The second kappa shape index (κ2) is 10.4. The number of hydrogen-bond acceptors (Lipinski definition) is 7. The van der Waals surface area contributed by atoms with Crippen LogP contribution in [0.2, 0.25) is 0 Å². The fourth-order valence-corrected chi connectivity index (χ4v) is 6.68. The molecule has 7 nitrogen and oxygen atoms in total. The average molecular weight is 548 g/mol. The number of ether oxygens (including phenoxy) is 2. The molecule has 0 saturated carbocycles. The Morgan fingerprint density at radius 3 is 2.27 bits per heavy atom. The summed E-state index contributed by atoms with van der Waals surface area (Å²) in [5.74, 6) is 0.245. The van der Waals surface area contributed by atoms with Crippen LogP contribution in [0.3, 0.4) is 0 Å². The van der Waals surface area contributed by atoms with E-state index < -0.39 is 5.91 Å². The number of hydrogen-bond donors (Lipinski definition) is 0. The van der Waals surface area contributed by atoms with Crippen LogP contribution in [-0.2, 0) is 19.5 Å². The van der Waals surface area contributed by atoms with E-state index in [-0.39, 0.29) is 18.9 Å². The number of nitriles is 1. The van der Waals surface area contributed by atoms with Gasteiger partial charge in [-0.2, -0.15) is 5.26 Å². The summed E-state index contributed by atoms with van der Waals surface area (Å²) in [5, 5.41) is 9.67. The molecule has 2 aliphatic heterocycles. The summed E-state index contributed by atoms with van der Waals surface area (Å²) in [6.07, 6.45) is 0.140. The van der Waals surface area contributed by atoms with Gasteiger partial charge in [-0.3, -0.25) is 14.5 Å². The SMILES string of the molecule is COc1ccc2c(c1CC#N)Sc1c(ccc(OC)c1C(=O)N1Cc3ccccc3C1=O)N2Cc1ccccc1. The third-order valence-corrected chi connectivity index (χ3v) is 8.52. The number of nitrogens with zero attached hydrogens (tertiary/aromatic N) is 3. The molecule has 2 heterocycles. The number of rotatable bonds is 6. The largest absolute Gasteiger partial charge is 0.496 e. The van der Waals surface area contributed by atoms with Gasteiger partial charge in [-0.05, 0) is 41.5 Å². The molecule has 4 aromatic carbocycles. The van der Waals surface area contributed by atoms with Gasteiger partial charge in [0, 0.05) is 22.6 Å². The summed E-state index contributed by atoms with van der Waals surface area (Å²) >= 11 is 1.41. The lowest BCUT2D eigenvalue weighted by Gasteiger charge is -2.35. The highest BCUT2D eigenvalue weighted by atomic mass is 32.2. The summed E-state index contributed by atoms with van der Waals surface area (Å²) in [6, 6.07) is 27.2. The van der Waals surface area contributed by atoms with Crippen LogP contribution < -0.4 is 14.4 Å². The van der Waals surface area contributed by atoms with Crippen LogP contribution in [0.25, 0.3) is 0 Å². The van der Waals surface area contributed by atoms with Gasteiger partial charge in [0.05, 0.1) is 55.1 Å². The van der Waals surface area contributed by atoms with Crippen molar-refractivity contribution in [3.8, 4) is 17.6 Å². The molecule has 0 aromatic heterocycles. The fourth-order valence-electron chi connectivity index (χ4n) is 5.33. The highest BCUT2D eigenvalue weighted by Gasteiger charge is 2.38. The van der Waals surface area contributed by atoms with Gasteiger partial charge in [-0.25, -0.2) is 0 Å². The predicted molar refractivity (Wildman–Crippen MR) is 152 cm³/mol. The molecule has 0 unspecified atom stereocenters. The van der Waals surface area contributed by atoms with E-state index in [1.54, 1.807) is 25.3 Å². The van der Waals surface area contributed by atoms with Crippen LogP contribution >= 0.6 is 11.8 Å². The molecule has 0 fully saturated rings. The molecular weight excluding hydrogens is 522 g/mol. The maximum Gasteiger partial charge on any atom is 0.266 e. The lowest BCUT2D eigenvalue weighted by atomic mass is 10.1. The lowest BCUT2D eigenvalue weighted by Crippen LogP contribution is -2.32. The zero-order valence-electron chi connectivity index (χ0n) is 22.0. The molecule has 0 N–H and O–H groups in total. The third kappa shape index (κ3) is 4.16. The Morgan fingerprint density at radius 1 is 0.900 bits per heavy atom. The minimum Gasteiger partial charge on any atom is -0.496 e. The molecule has 0 atom stereocenters. The second-order valence-corrected chi connectivity index (χ2v) is 10.5. The number of fused-ring (bicyclic) bond motifs is 3. The van der Waals surface area contributed by atoms with Crippen molar-refractivity contribution in [2.45, 2.75) is 29.3 Å². The van der Waals surface area contributed by atoms with Crippen molar-refractivity contribution in [2.75, 3.05) is 19.1 Å². The monoisotopic (exact) mass is 547 g/mol. The zero-order chi connectivity index (χ0) is 27.8. The van der Waals surface area contributed by atoms with Crippen LogP contribution in [0.4, 0.5) is 11.4 Å². The summed E-state index contributed by atoms with van der Waals surface area (Å²) in [4.78, 5) is 32.4. The van der Waals surface area contributed by atoms with Gasteiger partial charge in [0.25, 0.3) is 11.8 Å². The van der Waals surface area contributed by atoms with E-state index in [9.17, 15) is 14.9 Å². The van der Waals surface area contributed by atoms with E-state index in [1.165, 1.54) is 23.8 Å². The molecule has 4 aromatic rings. The number of carbonyl (C=O) groups excluding carboxylic acids is 2. The van der Waals surface area contributed by atoms with Crippen molar-refractivity contribution >= 4 is 35.0 Å². The van der Waals surface area contributed by atoms with Gasteiger partial charge >= 0.3 is 0 Å². The van der Waals surface area contributed by atoms with Gasteiger partial charge < -0.3 is 14.4 Å². The Hall–Kier alpha value is -4.74. The molecule has 0 radical (unpaired) electrons. The Balaban J connectivity index is 1.54. The number of benzene rings is 4. The summed E-state index contributed by atoms with van der Waals surface area (Å²) in [7, 11) is 3.10. The summed E-state index contributed by atoms with van der Waals surface area (Å²) < 4.78 is 11.3. The van der Waals surface area contributed by atoms with Crippen LogP contribution in [0.5, 0.6) is 11.5 Å². The number of imide groups is 1. The van der Waals surface area contributed by atoms with Gasteiger partial charge in [0.2, 0.25) is 0 Å². The van der Waals surface area contributed by atoms with Gasteiger partial charge in [-0.15, -0.1) is 0 Å². The van der Waals surface area contributed by atoms with Crippen molar-refractivity contribution < 1.29 is 19.1 Å². The molecular formula is C32H25N3O4S. The number of anilines is 2. The molecule has 0 aliphatic carbocycles. The molecule has 6 rings (SSSR count). The van der Waals surface area contributed by atoms with E-state index >= 15 is 0 Å². The molecule has 40 heavy (non-hydrogen) atoms. The van der Waals surface area contributed by atoms with Crippen LogP contribution in [0.1, 0.15) is 37.4 Å². The predicted octanol–water partition coefficient (Wildman–Crippen LogP) is 6.37. The molecule has 8 heteroatoms. The normalized spacial score (nSPS) is 13.3. The molecule has 2 aliphatic rings. The zero-order valence-corrected chi connectivity index (χ0v) is 22.8. The van der Waals surface area contributed by atoms with E-state index in [1.807, 2.05) is 48.5 Å². The summed E-state index contributed by atoms with van der Waals surface area (Å²) in [5.41, 5.74) is 5.24. The number of methoxy groups -OCH3 is 2. The first-order chi connectivity index (χ1) is 19.5. The minimum absolute atomic E-state index is 0.140. The smallest absolute Gasteiger partial charge is 0.266 e. The Labute approximate surface area is 236 Å². The van der Waals surface area contributed by atoms with E-state index in [4.69, 9.17) is 9.47 Å². The highest BCUT2D eigenvalue weighted by Crippen LogP contribution is 2.54. The second-order valence-electron chi connectivity index (χ2n) is 9.45. The Kier molecular flexibility index (Phi) is 6.66. The van der Waals surface area contributed by atoms with Crippen molar-refractivity contribution in [1.82, 2.24) is 4.90 Å². The molecule has 0 saturated heterocycles. The maximum absolute atomic E-state index is 14.2. The van der Waals surface area contributed by atoms with Gasteiger partial charge in [0.15, 0.2) is 0 Å². The highest BCUT2D eigenvalue weighted by molar-refractivity contribution is 8.00. The molecule has 2 amide bonds. The maximum atomic E-state index is 14.2. The quantitative estimate of drug-likeness (QED) is 0.260. The first kappa shape index (κ1) is 25.5. The summed E-state index contributed by atoms with van der Waals surface area (Å²) in [6.45, 7) is 0.733. The van der Waals surface area contributed by atoms with E-state index in [0.29, 0.717) is 34.1 Å². The first-order valence-corrected chi connectivity index (χ1v) is 13.6. The minimum atomic E-state index is -0.421. The lowest BCUT2D eigenvalue weighted by molar-refractivity contribution is 0.0627. The topological polar surface area (TPSA) is 82.9 Å². The molecule has 0 bridgehead atoms. The first-order valence-electron chi connectivity index (χ1n) is 12.8. The number of amides is 2. The van der Waals surface area contributed by atoms with Crippen molar-refractivity contribution in [3.05, 3.63) is 107 Å². The number of carbonyl (C=O) groups is 2. The van der Waals surface area contributed by atoms with Crippen LogP contribution in [-0.4, -0.2) is 30.9 Å². The van der Waals surface area contributed by atoms with E-state index in [0.717, 1.165) is 33.0 Å². The van der Waals surface area contributed by atoms with E-state index in [2.05, 4.69) is 23.1 Å². The van der Waals surface area contributed by atoms with Crippen molar-refractivity contribution in [1.29, 1.82) is 5.26 Å². The van der Waals surface area contributed by atoms with Crippen LogP contribution in [0.15, 0.2) is 88.7 Å². The van der Waals surface area contributed by atoms with Gasteiger partial charge in [0.1, 0.15) is 11.5 Å². The third-order valence-electron chi connectivity index (χ3n) is 7.24. The Bertz CT molecular complexity index is 1700. The molecule has 0 spiro atoms. The van der Waals surface area contributed by atoms with Crippen LogP contribution in [0, 0.1) is 11.3 Å². The fraction of sp³-hybridized carbons (Fsp3) is 0.156. The van der Waals surface area contributed by atoms with Crippen molar-refractivity contribution in [2.24, 2.45) is 0 Å². The Morgan fingerprint density at radius 2 is 1.57 bits per heavy atom. The molecule has 198 valence electrons. The average Bonchev–Trinajstić information content (AvgIpc) is 3.33.